The van der Waals surface area contributed by atoms with Crippen LogP contribution in [0.2, 0.25) is 0 Å². The molecule has 0 saturated carbocycles. The largest absolute Gasteiger partial charge is 0.337 e. The number of aryl methyl sites for hydroxylation is 1. The summed E-state index contributed by atoms with van der Waals surface area (Å²) in [6.07, 6.45) is 3.64. The van der Waals surface area contributed by atoms with Gasteiger partial charge in [-0.25, -0.2) is 9.78 Å². The first-order valence-corrected chi connectivity index (χ1v) is 8.67. The van der Waals surface area contributed by atoms with Gasteiger partial charge < -0.3 is 15.2 Å². The van der Waals surface area contributed by atoms with Crippen LogP contribution in [0.5, 0.6) is 0 Å². The summed E-state index contributed by atoms with van der Waals surface area (Å²) in [5.41, 5.74) is 0.979. The Labute approximate surface area is 152 Å². The van der Waals surface area contributed by atoms with Crippen LogP contribution < -0.4 is 16.0 Å². The quantitative estimate of drug-likeness (QED) is 0.721. The van der Waals surface area contributed by atoms with Crippen molar-refractivity contribution in [2.24, 2.45) is 7.05 Å². The normalized spacial score (nSPS) is 17.7. The number of imide groups is 1. The Morgan fingerprint density at radius 3 is 2.85 bits per heavy atom. The average Bonchev–Trinajstić information content (AvgIpc) is 3.07. The van der Waals surface area contributed by atoms with Crippen LogP contribution in [0.1, 0.15) is 17.4 Å². The van der Waals surface area contributed by atoms with E-state index in [1.165, 1.54) is 0 Å². The number of benzene rings is 1. The molecule has 1 fully saturated rings. The molecule has 0 spiro atoms. The smallest absolute Gasteiger partial charge is 0.321 e. The maximum absolute atomic E-state index is 12.3. The van der Waals surface area contributed by atoms with Gasteiger partial charge in [-0.3, -0.25) is 15.0 Å². The molecule has 138 valence electrons. The first-order valence-electron chi connectivity index (χ1n) is 8.67. The highest BCUT2D eigenvalue weighted by atomic mass is 16.2. The van der Waals surface area contributed by atoms with Crippen molar-refractivity contribution in [1.82, 2.24) is 30.4 Å². The maximum atomic E-state index is 12.3. The highest BCUT2D eigenvalue weighted by Gasteiger charge is 2.28. The number of piperazine rings is 1. The Hall–Kier alpha value is -2.71. The lowest BCUT2D eigenvalue weighted by Gasteiger charge is -2.35. The molecule has 3 rings (SSSR count). The van der Waals surface area contributed by atoms with Gasteiger partial charge in [0.1, 0.15) is 5.82 Å². The molecule has 1 aliphatic heterocycles. The second-order valence-corrected chi connectivity index (χ2v) is 6.30. The van der Waals surface area contributed by atoms with Crippen LogP contribution in [0.4, 0.5) is 4.79 Å². The second-order valence-electron chi connectivity index (χ2n) is 6.30. The number of hydrogen-bond acceptors (Lipinski definition) is 5. The van der Waals surface area contributed by atoms with Crippen molar-refractivity contribution >= 4 is 11.9 Å². The number of rotatable bonds is 5. The van der Waals surface area contributed by atoms with E-state index >= 15 is 0 Å². The third kappa shape index (κ3) is 4.68. The standard InChI is InChI=1S/C18H24N6O2/c1-23-9-8-20-17(23)15-12-19-7-10-24(15)13-16(25)22-18(26)21-11-14-5-3-2-4-6-14/h2-6,8-9,15,19H,7,10-13H2,1H3,(H2,21,22,25,26). The predicted octanol–water partition coefficient (Wildman–Crippen LogP) is 0.392. The van der Waals surface area contributed by atoms with E-state index in [0.29, 0.717) is 6.54 Å². The van der Waals surface area contributed by atoms with Gasteiger partial charge in [-0.1, -0.05) is 30.3 Å². The lowest BCUT2D eigenvalue weighted by molar-refractivity contribution is -0.122. The lowest BCUT2D eigenvalue weighted by Crippen LogP contribution is -2.51. The summed E-state index contributed by atoms with van der Waals surface area (Å²) in [6.45, 7) is 2.77. The third-order valence-corrected chi connectivity index (χ3v) is 4.41. The van der Waals surface area contributed by atoms with Gasteiger partial charge in [0.05, 0.1) is 12.6 Å². The zero-order valence-electron chi connectivity index (χ0n) is 14.8. The highest BCUT2D eigenvalue weighted by molar-refractivity contribution is 5.95. The molecule has 8 heteroatoms. The Balaban J connectivity index is 1.51. The molecule has 1 saturated heterocycles. The molecule has 3 amide bonds. The van der Waals surface area contributed by atoms with E-state index < -0.39 is 6.03 Å². The zero-order chi connectivity index (χ0) is 18.4. The topological polar surface area (TPSA) is 91.3 Å². The highest BCUT2D eigenvalue weighted by Crippen LogP contribution is 2.19. The van der Waals surface area contributed by atoms with Crippen LogP contribution in [0.25, 0.3) is 0 Å². The van der Waals surface area contributed by atoms with Gasteiger partial charge in [0.2, 0.25) is 5.91 Å². The molecule has 26 heavy (non-hydrogen) atoms. The van der Waals surface area contributed by atoms with E-state index in [1.807, 2.05) is 53.0 Å². The fourth-order valence-corrected chi connectivity index (χ4v) is 3.06. The number of nitrogens with one attached hydrogen (secondary N) is 3. The van der Waals surface area contributed by atoms with Crippen LogP contribution >= 0.6 is 0 Å². The van der Waals surface area contributed by atoms with Gasteiger partial charge >= 0.3 is 6.03 Å². The van der Waals surface area contributed by atoms with Crippen LogP contribution in [-0.4, -0.2) is 52.6 Å². The molecule has 3 N–H and O–H groups in total. The number of amides is 3. The molecule has 0 radical (unpaired) electrons. The summed E-state index contributed by atoms with van der Waals surface area (Å²) >= 11 is 0. The Morgan fingerprint density at radius 1 is 1.31 bits per heavy atom. The molecule has 1 aromatic heterocycles. The molecular formula is C18H24N6O2. The van der Waals surface area contributed by atoms with Crippen LogP contribution in [0, 0.1) is 0 Å². The van der Waals surface area contributed by atoms with E-state index in [9.17, 15) is 9.59 Å². The van der Waals surface area contributed by atoms with E-state index in [1.54, 1.807) is 6.20 Å². The molecule has 2 heterocycles. The third-order valence-electron chi connectivity index (χ3n) is 4.41. The number of aromatic nitrogens is 2. The summed E-state index contributed by atoms with van der Waals surface area (Å²) in [5, 5.41) is 8.42. The number of urea groups is 1. The van der Waals surface area contributed by atoms with Gasteiger partial charge in [0.25, 0.3) is 0 Å². The average molecular weight is 356 g/mol. The van der Waals surface area contributed by atoms with Gasteiger partial charge in [-0.15, -0.1) is 0 Å². The van der Waals surface area contributed by atoms with Crippen molar-refractivity contribution in [3.63, 3.8) is 0 Å². The van der Waals surface area contributed by atoms with Crippen molar-refractivity contribution in [3.8, 4) is 0 Å². The summed E-state index contributed by atoms with van der Waals surface area (Å²) < 4.78 is 1.95. The molecule has 2 aromatic rings. The predicted molar refractivity (Wildman–Crippen MR) is 97.2 cm³/mol. The number of imidazole rings is 1. The van der Waals surface area contributed by atoms with E-state index in [-0.39, 0.29) is 18.5 Å². The zero-order valence-corrected chi connectivity index (χ0v) is 14.8. The van der Waals surface area contributed by atoms with E-state index in [0.717, 1.165) is 31.0 Å². The van der Waals surface area contributed by atoms with Crippen LogP contribution in [0.15, 0.2) is 42.7 Å². The van der Waals surface area contributed by atoms with E-state index in [2.05, 4.69) is 20.9 Å². The second kappa shape index (κ2) is 8.59. The Bertz CT molecular complexity index is 745. The SMILES string of the molecule is Cn1ccnc1C1CNCCN1CC(=O)NC(=O)NCc1ccccc1. The minimum absolute atomic E-state index is 0.00174. The van der Waals surface area contributed by atoms with Crippen molar-refractivity contribution in [3.05, 3.63) is 54.1 Å². The first-order chi connectivity index (χ1) is 12.6. The molecule has 0 aliphatic carbocycles. The van der Waals surface area contributed by atoms with Gasteiger partial charge in [0, 0.05) is 45.6 Å². The summed E-state index contributed by atoms with van der Waals surface area (Å²) in [6, 6.07) is 9.08. The van der Waals surface area contributed by atoms with Crippen molar-refractivity contribution in [2.75, 3.05) is 26.2 Å². The monoisotopic (exact) mass is 356 g/mol. The van der Waals surface area contributed by atoms with E-state index in [4.69, 9.17) is 0 Å². The van der Waals surface area contributed by atoms with Gasteiger partial charge in [-0.05, 0) is 5.56 Å². The molecule has 1 unspecified atom stereocenters. The number of nitrogens with zero attached hydrogens (tertiary/aromatic N) is 3. The van der Waals surface area contributed by atoms with Gasteiger partial charge in [-0.2, -0.15) is 0 Å². The van der Waals surface area contributed by atoms with Gasteiger partial charge in [0.15, 0.2) is 0 Å². The first kappa shape index (κ1) is 18.1. The Morgan fingerprint density at radius 2 is 2.12 bits per heavy atom. The van der Waals surface area contributed by atoms with Crippen LogP contribution in [-0.2, 0) is 18.4 Å². The molecule has 1 aliphatic rings. The minimum atomic E-state index is -0.484. The van der Waals surface area contributed by atoms with Crippen LogP contribution in [0.3, 0.4) is 0 Å². The molecular weight excluding hydrogens is 332 g/mol. The minimum Gasteiger partial charge on any atom is -0.337 e. The molecule has 8 nitrogen and oxygen atoms in total. The molecule has 1 atom stereocenters. The number of carbonyl (C=O) groups is 2. The fourth-order valence-electron chi connectivity index (χ4n) is 3.06. The molecule has 1 aromatic carbocycles. The summed E-state index contributed by atoms with van der Waals surface area (Å²) in [7, 11) is 1.94. The van der Waals surface area contributed by atoms with Crippen molar-refractivity contribution in [2.45, 2.75) is 12.6 Å². The van der Waals surface area contributed by atoms with Crippen molar-refractivity contribution < 1.29 is 9.59 Å². The summed E-state index contributed by atoms with van der Waals surface area (Å²) in [4.78, 5) is 30.6. The number of carbonyl (C=O) groups excluding carboxylic acids is 2. The van der Waals surface area contributed by atoms with Crippen molar-refractivity contribution in [1.29, 1.82) is 0 Å². The fraction of sp³-hybridized carbons (Fsp3) is 0.389. The lowest BCUT2D eigenvalue weighted by atomic mass is 10.1. The Kier molecular flexibility index (Phi) is 5.98. The molecule has 0 bridgehead atoms. The maximum Gasteiger partial charge on any atom is 0.321 e. The summed E-state index contributed by atoms with van der Waals surface area (Å²) in [5.74, 6) is 0.579. The number of hydrogen-bond donors (Lipinski definition) is 3.